The molecule has 4 N–H and O–H groups in total. The van der Waals surface area contributed by atoms with E-state index < -0.39 is 0 Å². The highest BCUT2D eigenvalue weighted by molar-refractivity contribution is 5.59. The summed E-state index contributed by atoms with van der Waals surface area (Å²) in [6.07, 6.45) is 1.88. The molecule has 0 amide bonds. The lowest BCUT2D eigenvalue weighted by atomic mass is 10.0. The van der Waals surface area contributed by atoms with Crippen LogP contribution in [0, 0.1) is 0 Å². The average molecular weight is 253 g/mol. The fourth-order valence-corrected chi connectivity index (χ4v) is 1.82. The second-order valence-corrected chi connectivity index (χ2v) is 4.82. The number of nitrogens with one attached hydrogen (secondary N) is 1. The van der Waals surface area contributed by atoms with Gasteiger partial charge in [-0.2, -0.15) is 0 Å². The summed E-state index contributed by atoms with van der Waals surface area (Å²) in [6, 6.07) is 0. The quantitative estimate of drug-likeness (QED) is 0.519. The zero-order chi connectivity index (χ0) is 13.7. The molecule has 1 aromatic heterocycles. The Morgan fingerprint density at radius 1 is 1.39 bits per heavy atom. The van der Waals surface area contributed by atoms with Gasteiger partial charge < -0.3 is 15.4 Å². The Bertz CT molecular complexity index is 381. The summed E-state index contributed by atoms with van der Waals surface area (Å²) in [6.45, 7) is 6.67. The molecule has 6 nitrogen and oxygen atoms in total. The minimum atomic E-state index is -0.316. The maximum Gasteiger partial charge on any atom is 0.148 e. The van der Waals surface area contributed by atoms with Crippen LogP contribution in [-0.4, -0.2) is 34.8 Å². The van der Waals surface area contributed by atoms with Gasteiger partial charge in [-0.25, -0.2) is 15.8 Å². The van der Waals surface area contributed by atoms with Crippen LogP contribution in [-0.2, 0) is 0 Å². The molecule has 1 atom stereocenters. The Morgan fingerprint density at radius 2 is 2.06 bits per heavy atom. The van der Waals surface area contributed by atoms with Gasteiger partial charge in [0.05, 0.1) is 6.10 Å². The van der Waals surface area contributed by atoms with Gasteiger partial charge in [0.1, 0.15) is 18.0 Å². The van der Waals surface area contributed by atoms with Crippen molar-refractivity contribution in [2.24, 2.45) is 5.84 Å². The van der Waals surface area contributed by atoms with Crippen LogP contribution < -0.4 is 16.2 Å². The molecule has 1 aromatic rings. The Morgan fingerprint density at radius 3 is 2.56 bits per heavy atom. The summed E-state index contributed by atoms with van der Waals surface area (Å²) in [5.74, 6) is 7.25. The number of rotatable bonds is 6. The molecule has 0 saturated heterocycles. The van der Waals surface area contributed by atoms with Gasteiger partial charge in [-0.15, -0.1) is 0 Å². The molecule has 6 heteroatoms. The Kier molecular flexibility index (Phi) is 5.30. The van der Waals surface area contributed by atoms with Crippen LogP contribution in [0.5, 0.6) is 0 Å². The van der Waals surface area contributed by atoms with Crippen LogP contribution in [0.3, 0.4) is 0 Å². The van der Waals surface area contributed by atoms with Crippen molar-refractivity contribution in [2.75, 3.05) is 23.9 Å². The van der Waals surface area contributed by atoms with Crippen LogP contribution in [0.4, 0.5) is 11.6 Å². The van der Waals surface area contributed by atoms with Crippen molar-refractivity contribution in [3.63, 3.8) is 0 Å². The molecule has 0 saturated carbocycles. The molecule has 1 rings (SSSR count). The predicted octanol–water partition coefficient (Wildman–Crippen LogP) is 1.09. The van der Waals surface area contributed by atoms with Gasteiger partial charge >= 0.3 is 0 Å². The van der Waals surface area contributed by atoms with E-state index in [4.69, 9.17) is 5.84 Å². The first-order valence-corrected chi connectivity index (χ1v) is 6.18. The summed E-state index contributed by atoms with van der Waals surface area (Å²) in [5, 5.41) is 9.34. The highest BCUT2D eigenvalue weighted by Crippen LogP contribution is 2.29. The lowest BCUT2D eigenvalue weighted by Gasteiger charge is -2.24. The number of aromatic nitrogens is 2. The van der Waals surface area contributed by atoms with Gasteiger partial charge in [0, 0.05) is 19.2 Å². The minimum absolute atomic E-state index is 0.265. The maximum absolute atomic E-state index is 9.34. The van der Waals surface area contributed by atoms with Crippen LogP contribution >= 0.6 is 0 Å². The van der Waals surface area contributed by atoms with E-state index in [-0.39, 0.29) is 12.0 Å². The van der Waals surface area contributed by atoms with E-state index in [9.17, 15) is 5.11 Å². The van der Waals surface area contributed by atoms with E-state index in [1.807, 2.05) is 11.9 Å². The summed E-state index contributed by atoms with van der Waals surface area (Å²) in [5.41, 5.74) is 3.60. The minimum Gasteiger partial charge on any atom is -0.393 e. The van der Waals surface area contributed by atoms with Crippen molar-refractivity contribution < 1.29 is 5.11 Å². The molecule has 0 aliphatic rings. The SMILES string of the molecule is CC(O)CCN(C)c1ncnc(NN)c1C(C)C. The van der Waals surface area contributed by atoms with Crippen LogP contribution in [0.15, 0.2) is 6.33 Å². The molecule has 0 aromatic carbocycles. The van der Waals surface area contributed by atoms with Gasteiger partial charge in [0.2, 0.25) is 0 Å². The number of hydrogen-bond acceptors (Lipinski definition) is 6. The Balaban J connectivity index is 2.99. The third-order valence-corrected chi connectivity index (χ3v) is 2.82. The Hall–Kier alpha value is -1.40. The fraction of sp³-hybridized carbons (Fsp3) is 0.667. The molecule has 0 radical (unpaired) electrons. The Labute approximate surface area is 108 Å². The zero-order valence-electron chi connectivity index (χ0n) is 11.5. The normalized spacial score (nSPS) is 12.6. The zero-order valence-corrected chi connectivity index (χ0v) is 11.5. The van der Waals surface area contributed by atoms with Crippen molar-refractivity contribution in [3.8, 4) is 0 Å². The highest BCUT2D eigenvalue weighted by atomic mass is 16.3. The predicted molar refractivity (Wildman–Crippen MR) is 73.5 cm³/mol. The second-order valence-electron chi connectivity index (χ2n) is 4.82. The second kappa shape index (κ2) is 6.51. The first-order valence-electron chi connectivity index (χ1n) is 6.18. The molecule has 0 fully saturated rings. The molecule has 0 spiro atoms. The van der Waals surface area contributed by atoms with Crippen LogP contribution in [0.1, 0.15) is 38.7 Å². The van der Waals surface area contributed by atoms with E-state index >= 15 is 0 Å². The van der Waals surface area contributed by atoms with Crippen molar-refractivity contribution in [2.45, 2.75) is 39.2 Å². The largest absolute Gasteiger partial charge is 0.393 e. The highest BCUT2D eigenvalue weighted by Gasteiger charge is 2.17. The molecule has 0 aliphatic heterocycles. The number of nitrogens with zero attached hydrogens (tertiary/aromatic N) is 3. The van der Waals surface area contributed by atoms with Crippen LogP contribution in [0.2, 0.25) is 0 Å². The first-order chi connectivity index (χ1) is 8.47. The number of nitrogens with two attached hydrogens (primary N) is 1. The van der Waals surface area contributed by atoms with Crippen molar-refractivity contribution in [1.29, 1.82) is 0 Å². The van der Waals surface area contributed by atoms with E-state index in [2.05, 4.69) is 29.2 Å². The molecule has 102 valence electrons. The third kappa shape index (κ3) is 3.54. The topological polar surface area (TPSA) is 87.3 Å². The van der Waals surface area contributed by atoms with Gasteiger partial charge in [0.25, 0.3) is 0 Å². The lowest BCUT2D eigenvalue weighted by Crippen LogP contribution is -2.25. The molecule has 0 aliphatic carbocycles. The number of aliphatic hydroxyl groups excluding tert-OH is 1. The number of nitrogen functional groups attached to an aromatic ring is 1. The average Bonchev–Trinajstić information content (AvgIpc) is 2.34. The lowest BCUT2D eigenvalue weighted by molar-refractivity contribution is 0.187. The molecule has 18 heavy (non-hydrogen) atoms. The van der Waals surface area contributed by atoms with Crippen molar-refractivity contribution in [3.05, 3.63) is 11.9 Å². The molecule has 1 heterocycles. The van der Waals surface area contributed by atoms with Gasteiger partial charge in [-0.05, 0) is 19.3 Å². The van der Waals surface area contributed by atoms with E-state index in [0.717, 1.165) is 17.9 Å². The number of hydrazine groups is 1. The van der Waals surface area contributed by atoms with E-state index in [1.54, 1.807) is 6.92 Å². The number of aliphatic hydroxyl groups is 1. The van der Waals surface area contributed by atoms with E-state index in [1.165, 1.54) is 6.33 Å². The summed E-state index contributed by atoms with van der Waals surface area (Å²) in [7, 11) is 1.96. The monoisotopic (exact) mass is 253 g/mol. The summed E-state index contributed by atoms with van der Waals surface area (Å²) < 4.78 is 0. The first kappa shape index (κ1) is 14.7. The van der Waals surface area contributed by atoms with Crippen LogP contribution in [0.25, 0.3) is 0 Å². The summed E-state index contributed by atoms with van der Waals surface area (Å²) in [4.78, 5) is 10.5. The third-order valence-electron chi connectivity index (χ3n) is 2.82. The molecule has 0 bridgehead atoms. The maximum atomic E-state index is 9.34. The van der Waals surface area contributed by atoms with Crippen molar-refractivity contribution >= 4 is 11.6 Å². The molecular weight excluding hydrogens is 230 g/mol. The molecule has 1 unspecified atom stereocenters. The standard InChI is InChI=1S/C12H23N5O/c1-8(2)10-11(16-13)14-7-15-12(10)17(4)6-5-9(3)18/h7-9,18H,5-6,13H2,1-4H3,(H,14,15,16). The summed E-state index contributed by atoms with van der Waals surface area (Å²) >= 11 is 0. The fourth-order valence-electron chi connectivity index (χ4n) is 1.82. The van der Waals surface area contributed by atoms with Gasteiger partial charge in [-0.1, -0.05) is 13.8 Å². The van der Waals surface area contributed by atoms with Gasteiger partial charge in [0.15, 0.2) is 0 Å². The number of anilines is 2. The number of hydrogen-bond donors (Lipinski definition) is 3. The smallest absolute Gasteiger partial charge is 0.148 e. The van der Waals surface area contributed by atoms with Crippen molar-refractivity contribution in [1.82, 2.24) is 9.97 Å². The molecular formula is C12H23N5O. The van der Waals surface area contributed by atoms with E-state index in [0.29, 0.717) is 12.2 Å². The van der Waals surface area contributed by atoms with Gasteiger partial charge in [-0.3, -0.25) is 0 Å².